The van der Waals surface area contributed by atoms with E-state index >= 15 is 0 Å². The number of aromatic nitrogens is 1. The van der Waals surface area contributed by atoms with Crippen LogP contribution in [0.25, 0.3) is 0 Å². The molecule has 0 bridgehead atoms. The molecule has 2 rings (SSSR count). The van der Waals surface area contributed by atoms with Crippen molar-refractivity contribution in [3.63, 3.8) is 0 Å². The van der Waals surface area contributed by atoms with Crippen molar-refractivity contribution in [2.75, 3.05) is 0 Å². The van der Waals surface area contributed by atoms with Gasteiger partial charge in [0, 0.05) is 29.7 Å². The molecule has 0 saturated carbocycles. The Labute approximate surface area is 115 Å². The summed E-state index contributed by atoms with van der Waals surface area (Å²) in [4.78, 5) is 4.61. The summed E-state index contributed by atoms with van der Waals surface area (Å²) >= 11 is 0. The molecule has 19 heavy (non-hydrogen) atoms. The van der Waals surface area contributed by atoms with Gasteiger partial charge in [-0.15, -0.1) is 0 Å². The molecule has 1 aromatic heterocycles. The standard InChI is InChI=1S/C17H22N2/c1-12(2)19-11-16(9-15(19)5)10-18-17-8-13(3)6-7-14(17)4/h6-12H,1-5H3. The van der Waals surface area contributed by atoms with Crippen LogP contribution in [0, 0.1) is 20.8 Å². The van der Waals surface area contributed by atoms with Crippen LogP contribution in [0.15, 0.2) is 35.5 Å². The lowest BCUT2D eigenvalue weighted by Crippen LogP contribution is -2.00. The second-order valence-corrected chi connectivity index (χ2v) is 5.46. The van der Waals surface area contributed by atoms with Gasteiger partial charge in [-0.1, -0.05) is 12.1 Å². The number of rotatable bonds is 3. The Hall–Kier alpha value is -1.83. The Balaban J connectivity index is 2.27. The minimum Gasteiger partial charge on any atom is -0.349 e. The number of nitrogens with zero attached hydrogens (tertiary/aromatic N) is 2. The zero-order chi connectivity index (χ0) is 14.0. The maximum Gasteiger partial charge on any atom is 0.0661 e. The van der Waals surface area contributed by atoms with E-state index in [0.717, 1.165) is 11.3 Å². The van der Waals surface area contributed by atoms with Crippen LogP contribution >= 0.6 is 0 Å². The van der Waals surface area contributed by atoms with E-state index in [1.807, 2.05) is 6.21 Å². The predicted octanol–water partition coefficient (Wildman–Crippen LogP) is 4.74. The normalized spacial score (nSPS) is 11.7. The zero-order valence-electron chi connectivity index (χ0n) is 12.4. The van der Waals surface area contributed by atoms with E-state index in [-0.39, 0.29) is 0 Å². The molecule has 0 fully saturated rings. The van der Waals surface area contributed by atoms with Crippen molar-refractivity contribution in [3.8, 4) is 0 Å². The average molecular weight is 254 g/mol. The fourth-order valence-corrected chi connectivity index (χ4v) is 2.24. The van der Waals surface area contributed by atoms with Crippen molar-refractivity contribution in [2.24, 2.45) is 4.99 Å². The largest absolute Gasteiger partial charge is 0.349 e. The highest BCUT2D eigenvalue weighted by Crippen LogP contribution is 2.20. The summed E-state index contributed by atoms with van der Waals surface area (Å²) < 4.78 is 2.27. The summed E-state index contributed by atoms with van der Waals surface area (Å²) in [5.74, 6) is 0. The molecule has 0 aliphatic rings. The number of hydrogen-bond acceptors (Lipinski definition) is 1. The first-order valence-corrected chi connectivity index (χ1v) is 6.77. The highest BCUT2D eigenvalue weighted by Gasteiger charge is 2.03. The first-order chi connectivity index (χ1) is 8.97. The fraction of sp³-hybridized carbons (Fsp3) is 0.353. The SMILES string of the molecule is Cc1ccc(C)c(N=Cc2cc(C)n(C(C)C)c2)c1. The molecule has 0 N–H and O–H groups in total. The van der Waals surface area contributed by atoms with Gasteiger partial charge in [-0.2, -0.15) is 0 Å². The monoisotopic (exact) mass is 254 g/mol. The number of aliphatic imine (C=N–C) groups is 1. The molecule has 0 aliphatic heterocycles. The summed E-state index contributed by atoms with van der Waals surface area (Å²) in [7, 11) is 0. The molecular formula is C17H22N2. The number of hydrogen-bond donors (Lipinski definition) is 0. The van der Waals surface area contributed by atoms with Gasteiger partial charge in [-0.25, -0.2) is 0 Å². The molecule has 0 saturated heterocycles. The van der Waals surface area contributed by atoms with E-state index < -0.39 is 0 Å². The lowest BCUT2D eigenvalue weighted by Gasteiger charge is -2.08. The molecular weight excluding hydrogens is 232 g/mol. The van der Waals surface area contributed by atoms with Gasteiger partial charge in [-0.3, -0.25) is 4.99 Å². The molecule has 2 nitrogen and oxygen atoms in total. The van der Waals surface area contributed by atoms with Crippen LogP contribution in [0.5, 0.6) is 0 Å². The highest BCUT2D eigenvalue weighted by molar-refractivity contribution is 5.82. The van der Waals surface area contributed by atoms with Crippen molar-refractivity contribution in [3.05, 3.63) is 52.8 Å². The first-order valence-electron chi connectivity index (χ1n) is 6.77. The summed E-state index contributed by atoms with van der Waals surface area (Å²) in [6.07, 6.45) is 4.11. The van der Waals surface area contributed by atoms with Gasteiger partial charge < -0.3 is 4.57 Å². The highest BCUT2D eigenvalue weighted by atomic mass is 15.0. The summed E-state index contributed by atoms with van der Waals surface area (Å²) in [5.41, 5.74) is 5.94. The molecule has 0 amide bonds. The third-order valence-electron chi connectivity index (χ3n) is 3.34. The van der Waals surface area contributed by atoms with Gasteiger partial charge in [0.25, 0.3) is 0 Å². The van der Waals surface area contributed by atoms with Gasteiger partial charge in [0.2, 0.25) is 0 Å². The van der Waals surface area contributed by atoms with Crippen LogP contribution in [-0.4, -0.2) is 10.8 Å². The van der Waals surface area contributed by atoms with Gasteiger partial charge in [-0.05, 0) is 57.9 Å². The van der Waals surface area contributed by atoms with E-state index in [1.165, 1.54) is 16.8 Å². The van der Waals surface area contributed by atoms with Crippen molar-refractivity contribution < 1.29 is 0 Å². The van der Waals surface area contributed by atoms with Crippen molar-refractivity contribution >= 4 is 11.9 Å². The van der Waals surface area contributed by atoms with Crippen LogP contribution in [0.4, 0.5) is 5.69 Å². The average Bonchev–Trinajstić information content (AvgIpc) is 2.72. The van der Waals surface area contributed by atoms with Crippen LogP contribution in [-0.2, 0) is 0 Å². The van der Waals surface area contributed by atoms with E-state index in [2.05, 4.69) is 74.6 Å². The Morgan fingerprint density at radius 2 is 1.84 bits per heavy atom. The van der Waals surface area contributed by atoms with E-state index in [0.29, 0.717) is 6.04 Å². The fourth-order valence-electron chi connectivity index (χ4n) is 2.24. The molecule has 100 valence electrons. The quantitative estimate of drug-likeness (QED) is 0.704. The topological polar surface area (TPSA) is 17.3 Å². The summed E-state index contributed by atoms with van der Waals surface area (Å²) in [6.45, 7) is 10.7. The Kier molecular flexibility index (Phi) is 3.89. The molecule has 0 spiro atoms. The zero-order valence-corrected chi connectivity index (χ0v) is 12.4. The van der Waals surface area contributed by atoms with E-state index in [4.69, 9.17) is 0 Å². The van der Waals surface area contributed by atoms with Gasteiger partial charge in [0.1, 0.15) is 0 Å². The molecule has 2 aromatic rings. The first kappa shape index (κ1) is 13.6. The maximum absolute atomic E-state index is 4.61. The number of benzene rings is 1. The molecule has 2 heteroatoms. The predicted molar refractivity (Wildman–Crippen MR) is 82.7 cm³/mol. The van der Waals surface area contributed by atoms with Crippen LogP contribution in [0.2, 0.25) is 0 Å². The van der Waals surface area contributed by atoms with E-state index in [1.54, 1.807) is 0 Å². The Morgan fingerprint density at radius 1 is 1.11 bits per heavy atom. The lowest BCUT2D eigenvalue weighted by atomic mass is 10.1. The van der Waals surface area contributed by atoms with Gasteiger partial charge >= 0.3 is 0 Å². The molecule has 1 heterocycles. The smallest absolute Gasteiger partial charge is 0.0661 e. The molecule has 0 aliphatic carbocycles. The van der Waals surface area contributed by atoms with Crippen molar-refractivity contribution in [1.29, 1.82) is 0 Å². The van der Waals surface area contributed by atoms with Crippen LogP contribution in [0.3, 0.4) is 0 Å². The molecule has 0 unspecified atom stereocenters. The Morgan fingerprint density at radius 3 is 2.47 bits per heavy atom. The second-order valence-electron chi connectivity index (χ2n) is 5.46. The number of aryl methyl sites for hydroxylation is 3. The second kappa shape index (κ2) is 5.43. The van der Waals surface area contributed by atoms with Gasteiger partial charge in [0.15, 0.2) is 0 Å². The van der Waals surface area contributed by atoms with Gasteiger partial charge in [0.05, 0.1) is 5.69 Å². The molecule has 0 radical (unpaired) electrons. The lowest BCUT2D eigenvalue weighted by molar-refractivity contribution is 0.589. The minimum atomic E-state index is 0.489. The van der Waals surface area contributed by atoms with E-state index in [9.17, 15) is 0 Å². The molecule has 1 aromatic carbocycles. The van der Waals surface area contributed by atoms with Crippen molar-refractivity contribution in [2.45, 2.75) is 40.7 Å². The minimum absolute atomic E-state index is 0.489. The maximum atomic E-state index is 4.61. The Bertz CT molecular complexity index is 604. The van der Waals surface area contributed by atoms with Crippen LogP contribution < -0.4 is 0 Å². The van der Waals surface area contributed by atoms with Crippen LogP contribution in [0.1, 0.15) is 42.3 Å². The summed E-state index contributed by atoms with van der Waals surface area (Å²) in [5, 5.41) is 0. The van der Waals surface area contributed by atoms with Crippen molar-refractivity contribution in [1.82, 2.24) is 4.57 Å². The summed E-state index contributed by atoms with van der Waals surface area (Å²) in [6, 6.07) is 9.02. The third kappa shape index (κ3) is 3.14. The molecule has 0 atom stereocenters. The third-order valence-corrected chi connectivity index (χ3v) is 3.34.